The van der Waals surface area contributed by atoms with Crippen LogP contribution < -0.4 is 0 Å². The quantitative estimate of drug-likeness (QED) is 0.373. The van der Waals surface area contributed by atoms with Crippen LogP contribution in [0.2, 0.25) is 40.4 Å². The lowest BCUT2D eigenvalue weighted by Crippen LogP contribution is -1.87. The van der Waals surface area contributed by atoms with Gasteiger partial charge in [-0.05, 0) is 0 Å². The summed E-state index contributed by atoms with van der Waals surface area (Å²) in [6.45, 7) is 0. The van der Waals surface area contributed by atoms with E-state index in [1.165, 1.54) is 0 Å². The summed E-state index contributed by atoms with van der Waals surface area (Å²) in [5.74, 6) is 0. The standard InChI is InChI=1S/2C6Cl4N2/c2*7-3-2(1-11)12-6(10)5(9)4(3)8. The zero-order valence-corrected chi connectivity index (χ0v) is 16.9. The van der Waals surface area contributed by atoms with Crippen LogP contribution in [-0.4, -0.2) is 9.97 Å². The Kier molecular flexibility index (Phi) is 8.42. The first-order valence-corrected chi connectivity index (χ1v) is 8.38. The fourth-order valence-corrected chi connectivity index (χ4v) is 2.66. The molecule has 12 heteroatoms. The summed E-state index contributed by atoms with van der Waals surface area (Å²) in [6, 6.07) is 3.47. The second-order valence-electron chi connectivity index (χ2n) is 3.61. The van der Waals surface area contributed by atoms with Gasteiger partial charge in [-0.2, -0.15) is 10.5 Å². The van der Waals surface area contributed by atoms with Crippen molar-refractivity contribution in [2.75, 3.05) is 0 Å². The van der Waals surface area contributed by atoms with Gasteiger partial charge in [-0.15, -0.1) is 0 Å². The van der Waals surface area contributed by atoms with E-state index in [1.807, 2.05) is 0 Å². The molecule has 0 amide bonds. The summed E-state index contributed by atoms with van der Waals surface area (Å²) in [5, 5.41) is 17.2. The Labute approximate surface area is 176 Å². The first-order chi connectivity index (χ1) is 11.1. The minimum absolute atomic E-state index is 0.0218. The van der Waals surface area contributed by atoms with Gasteiger partial charge in [0.05, 0.1) is 30.1 Å². The first kappa shape index (κ1) is 21.6. The van der Waals surface area contributed by atoms with Crippen LogP contribution in [0.1, 0.15) is 11.4 Å². The molecule has 2 heterocycles. The van der Waals surface area contributed by atoms with Crippen molar-refractivity contribution in [3.05, 3.63) is 51.8 Å². The largest absolute Gasteiger partial charge is 0.222 e. The normalized spacial score (nSPS) is 9.58. The molecule has 0 N–H and O–H groups in total. The van der Waals surface area contributed by atoms with E-state index >= 15 is 0 Å². The van der Waals surface area contributed by atoms with Crippen molar-refractivity contribution in [1.82, 2.24) is 9.97 Å². The molecular formula is C12Cl8N4. The summed E-state index contributed by atoms with van der Waals surface area (Å²) in [4.78, 5) is 7.22. The maximum Gasteiger partial charge on any atom is 0.162 e. The molecule has 0 spiro atoms. The highest BCUT2D eigenvalue weighted by Crippen LogP contribution is 2.36. The summed E-state index contributed by atoms with van der Waals surface area (Å²) in [5.41, 5.74) is -0.0628. The maximum absolute atomic E-state index is 8.50. The average Bonchev–Trinajstić information content (AvgIpc) is 2.58. The van der Waals surface area contributed by atoms with Gasteiger partial charge in [0.15, 0.2) is 21.7 Å². The topological polar surface area (TPSA) is 73.4 Å². The Morgan fingerprint density at radius 3 is 1.04 bits per heavy atom. The van der Waals surface area contributed by atoms with Crippen LogP contribution in [0.3, 0.4) is 0 Å². The summed E-state index contributed by atoms with van der Waals surface area (Å²) in [6.07, 6.45) is 0. The molecule has 0 aliphatic heterocycles. The van der Waals surface area contributed by atoms with Gasteiger partial charge in [-0.25, -0.2) is 9.97 Å². The van der Waals surface area contributed by atoms with Crippen LogP contribution in [0, 0.1) is 22.7 Å². The molecule has 2 rings (SSSR count). The number of hydrogen-bond acceptors (Lipinski definition) is 4. The third-order valence-electron chi connectivity index (χ3n) is 2.18. The van der Waals surface area contributed by atoms with Crippen LogP contribution >= 0.6 is 92.8 Å². The Morgan fingerprint density at radius 2 is 0.792 bits per heavy atom. The van der Waals surface area contributed by atoms with Crippen LogP contribution in [0.25, 0.3) is 0 Å². The van der Waals surface area contributed by atoms with Gasteiger partial charge >= 0.3 is 0 Å². The monoisotopic (exact) mass is 480 g/mol. The smallest absolute Gasteiger partial charge is 0.162 e. The van der Waals surface area contributed by atoms with Crippen LogP contribution in [-0.2, 0) is 0 Å². The number of rotatable bonds is 0. The Morgan fingerprint density at radius 1 is 0.500 bits per heavy atom. The fraction of sp³-hybridized carbons (Fsp3) is 0. The zero-order chi connectivity index (χ0) is 18.6. The zero-order valence-electron chi connectivity index (χ0n) is 10.8. The SMILES string of the molecule is N#Cc1nc(Cl)c(Cl)c(Cl)c1Cl.N#Cc1nc(Cl)c(Cl)c(Cl)c1Cl. The lowest BCUT2D eigenvalue weighted by molar-refractivity contribution is 1.26. The second kappa shape index (κ2) is 9.34. The summed E-state index contributed by atoms with van der Waals surface area (Å²) in [7, 11) is 0. The minimum Gasteiger partial charge on any atom is -0.222 e. The lowest BCUT2D eigenvalue weighted by Gasteiger charge is -2.01. The molecule has 0 fully saturated rings. The molecule has 0 saturated carbocycles. The van der Waals surface area contributed by atoms with Crippen molar-refractivity contribution in [2.24, 2.45) is 0 Å². The molecule has 2 aromatic rings. The molecule has 0 aliphatic carbocycles. The van der Waals surface area contributed by atoms with Crippen molar-refractivity contribution >= 4 is 92.8 Å². The lowest BCUT2D eigenvalue weighted by atomic mass is 10.4. The average molecular weight is 484 g/mol. The Bertz CT molecular complexity index is 811. The first-order valence-electron chi connectivity index (χ1n) is 5.35. The number of nitriles is 2. The molecule has 0 aromatic carbocycles. The third-order valence-corrected chi connectivity index (χ3v) is 5.54. The highest BCUT2D eigenvalue weighted by atomic mass is 35.5. The molecule has 0 saturated heterocycles. The van der Waals surface area contributed by atoms with E-state index in [4.69, 9.17) is 103 Å². The van der Waals surface area contributed by atoms with E-state index in [9.17, 15) is 0 Å². The molecule has 0 aliphatic rings. The van der Waals surface area contributed by atoms with Gasteiger partial charge in [0.2, 0.25) is 0 Å². The predicted molar refractivity (Wildman–Crippen MR) is 98.0 cm³/mol. The van der Waals surface area contributed by atoms with Crippen molar-refractivity contribution in [2.45, 2.75) is 0 Å². The third kappa shape index (κ3) is 4.82. The number of halogens is 8. The van der Waals surface area contributed by atoms with E-state index in [0.717, 1.165) is 0 Å². The Hall–Kier alpha value is -0.400. The predicted octanol–water partition coefficient (Wildman–Crippen LogP) is 7.13. The van der Waals surface area contributed by atoms with Gasteiger partial charge in [-0.3, -0.25) is 0 Å². The number of pyridine rings is 2. The van der Waals surface area contributed by atoms with Crippen LogP contribution in [0.5, 0.6) is 0 Å². The summed E-state index contributed by atoms with van der Waals surface area (Å²) >= 11 is 44.7. The van der Waals surface area contributed by atoms with Crippen molar-refractivity contribution < 1.29 is 0 Å². The number of hydrogen-bond donors (Lipinski definition) is 0. The fourth-order valence-electron chi connectivity index (χ4n) is 1.12. The highest BCUT2D eigenvalue weighted by molar-refractivity contribution is 6.52. The van der Waals surface area contributed by atoms with Crippen molar-refractivity contribution in [1.29, 1.82) is 10.5 Å². The second-order valence-corrected chi connectivity index (χ2v) is 6.59. The van der Waals surface area contributed by atoms with E-state index in [0.29, 0.717) is 0 Å². The van der Waals surface area contributed by atoms with Crippen molar-refractivity contribution in [3.63, 3.8) is 0 Å². The molecule has 24 heavy (non-hydrogen) atoms. The van der Waals surface area contributed by atoms with Gasteiger partial charge in [0.25, 0.3) is 0 Å². The number of nitrogens with zero attached hydrogens (tertiary/aromatic N) is 4. The van der Waals surface area contributed by atoms with E-state index in [-0.39, 0.29) is 51.8 Å². The molecular weight excluding hydrogens is 484 g/mol. The van der Waals surface area contributed by atoms with Crippen molar-refractivity contribution in [3.8, 4) is 12.1 Å². The van der Waals surface area contributed by atoms with Gasteiger partial charge in [-0.1, -0.05) is 92.8 Å². The Balaban J connectivity index is 0.000000240. The molecule has 0 bridgehead atoms. The maximum atomic E-state index is 8.50. The van der Waals surface area contributed by atoms with E-state index < -0.39 is 0 Å². The van der Waals surface area contributed by atoms with E-state index in [1.54, 1.807) is 12.1 Å². The molecule has 124 valence electrons. The van der Waals surface area contributed by atoms with E-state index in [2.05, 4.69) is 9.97 Å². The number of aromatic nitrogens is 2. The molecule has 2 aromatic heterocycles. The molecule has 0 atom stereocenters. The minimum atomic E-state index is -0.0314. The summed E-state index contributed by atoms with van der Waals surface area (Å²) < 4.78 is 0. The highest BCUT2D eigenvalue weighted by Gasteiger charge is 2.14. The molecule has 0 unspecified atom stereocenters. The van der Waals surface area contributed by atoms with Gasteiger partial charge < -0.3 is 0 Å². The van der Waals surface area contributed by atoms with Crippen LogP contribution in [0.4, 0.5) is 0 Å². The van der Waals surface area contributed by atoms with Gasteiger partial charge in [0.1, 0.15) is 12.1 Å². The molecule has 0 radical (unpaired) electrons. The molecule has 4 nitrogen and oxygen atoms in total. The van der Waals surface area contributed by atoms with Gasteiger partial charge in [0, 0.05) is 0 Å². The van der Waals surface area contributed by atoms with Crippen LogP contribution in [0.15, 0.2) is 0 Å².